The van der Waals surface area contributed by atoms with E-state index < -0.39 is 5.97 Å². The molecule has 1 aromatic carbocycles. The van der Waals surface area contributed by atoms with E-state index in [-0.39, 0.29) is 6.54 Å². The molecule has 6 heteroatoms. The molecule has 24 heavy (non-hydrogen) atoms. The van der Waals surface area contributed by atoms with E-state index in [0.717, 1.165) is 55.4 Å². The number of para-hydroxylation sites is 1. The first-order valence-corrected chi connectivity index (χ1v) is 8.72. The molecule has 0 radical (unpaired) electrons. The second-order valence-corrected chi connectivity index (χ2v) is 6.86. The van der Waals surface area contributed by atoms with Gasteiger partial charge in [0.15, 0.2) is 5.22 Å². The number of nitrogens with zero attached hydrogens (tertiary/aromatic N) is 2. The van der Waals surface area contributed by atoms with Gasteiger partial charge in [-0.2, -0.15) is 0 Å². The summed E-state index contributed by atoms with van der Waals surface area (Å²) in [5.41, 5.74) is 1.87. The SMILES string of the molecule is CN(CC(=O)O)C1CCCN(Cc2c(Cl)oc3ccccc23)CC1. The van der Waals surface area contributed by atoms with E-state index in [1.807, 2.05) is 36.2 Å². The Balaban J connectivity index is 1.66. The van der Waals surface area contributed by atoms with Crippen LogP contribution in [0.25, 0.3) is 11.0 Å². The van der Waals surface area contributed by atoms with Crippen LogP contribution >= 0.6 is 11.6 Å². The zero-order chi connectivity index (χ0) is 17.1. The number of rotatable bonds is 5. The third-order valence-electron chi connectivity index (χ3n) is 4.83. The van der Waals surface area contributed by atoms with Gasteiger partial charge in [-0.25, -0.2) is 0 Å². The standard InChI is InChI=1S/C18H23ClN2O3/c1-20(12-17(22)23)13-5-4-9-21(10-8-13)11-15-14-6-2-3-7-16(14)24-18(15)19/h2-3,6-7,13H,4-5,8-12H2,1H3,(H,22,23). The van der Waals surface area contributed by atoms with Gasteiger partial charge in [-0.1, -0.05) is 18.2 Å². The van der Waals surface area contributed by atoms with Crippen LogP contribution in [-0.2, 0) is 11.3 Å². The van der Waals surface area contributed by atoms with Gasteiger partial charge in [0.05, 0.1) is 6.54 Å². The first-order valence-electron chi connectivity index (χ1n) is 8.35. The van der Waals surface area contributed by atoms with E-state index >= 15 is 0 Å². The molecule has 1 aliphatic heterocycles. The topological polar surface area (TPSA) is 56.9 Å². The van der Waals surface area contributed by atoms with Crippen molar-refractivity contribution >= 4 is 28.5 Å². The summed E-state index contributed by atoms with van der Waals surface area (Å²) in [6.07, 6.45) is 3.05. The molecule has 0 amide bonds. The van der Waals surface area contributed by atoms with Crippen molar-refractivity contribution in [2.75, 3.05) is 26.7 Å². The van der Waals surface area contributed by atoms with Crippen molar-refractivity contribution in [1.29, 1.82) is 0 Å². The zero-order valence-corrected chi connectivity index (χ0v) is 14.6. The number of aliphatic carboxylic acids is 1. The van der Waals surface area contributed by atoms with Crippen LogP contribution in [0.4, 0.5) is 0 Å². The molecule has 3 rings (SSSR count). The van der Waals surface area contributed by atoms with E-state index in [1.54, 1.807) is 0 Å². The molecule has 1 unspecified atom stereocenters. The number of hydrogen-bond acceptors (Lipinski definition) is 4. The van der Waals surface area contributed by atoms with Crippen LogP contribution in [0, 0.1) is 0 Å². The molecular weight excluding hydrogens is 328 g/mol. The highest BCUT2D eigenvalue weighted by molar-refractivity contribution is 6.30. The van der Waals surface area contributed by atoms with Gasteiger partial charge in [0.25, 0.3) is 0 Å². The number of fused-ring (bicyclic) bond motifs is 1. The maximum atomic E-state index is 10.9. The number of benzene rings is 1. The highest BCUT2D eigenvalue weighted by Gasteiger charge is 2.23. The lowest BCUT2D eigenvalue weighted by Crippen LogP contribution is -2.36. The summed E-state index contributed by atoms with van der Waals surface area (Å²) in [5, 5.41) is 10.5. The normalized spacial score (nSPS) is 19.7. The Bertz CT molecular complexity index is 715. The van der Waals surface area contributed by atoms with E-state index in [9.17, 15) is 4.79 Å². The molecule has 0 spiro atoms. The zero-order valence-electron chi connectivity index (χ0n) is 13.9. The van der Waals surface area contributed by atoms with E-state index in [0.29, 0.717) is 11.3 Å². The van der Waals surface area contributed by atoms with Gasteiger partial charge in [0.2, 0.25) is 0 Å². The van der Waals surface area contributed by atoms with Crippen LogP contribution in [0.5, 0.6) is 0 Å². The quantitative estimate of drug-likeness (QED) is 0.895. The number of hydrogen-bond donors (Lipinski definition) is 1. The number of carboxylic acids is 1. The lowest BCUT2D eigenvalue weighted by Gasteiger charge is -2.25. The molecular formula is C18H23ClN2O3. The van der Waals surface area contributed by atoms with Crippen molar-refractivity contribution in [2.45, 2.75) is 31.8 Å². The van der Waals surface area contributed by atoms with Crippen molar-refractivity contribution in [2.24, 2.45) is 0 Å². The fourth-order valence-corrected chi connectivity index (χ4v) is 3.76. The molecule has 1 aliphatic rings. The van der Waals surface area contributed by atoms with Crippen LogP contribution in [-0.4, -0.2) is 53.6 Å². The van der Waals surface area contributed by atoms with Crippen LogP contribution in [0.3, 0.4) is 0 Å². The van der Waals surface area contributed by atoms with Gasteiger partial charge in [-0.05, 0) is 57.1 Å². The summed E-state index contributed by atoms with van der Waals surface area (Å²) in [7, 11) is 1.90. The Kier molecular flexibility index (Phi) is 5.43. The minimum atomic E-state index is -0.768. The molecule has 0 saturated carbocycles. The van der Waals surface area contributed by atoms with Crippen LogP contribution in [0.15, 0.2) is 28.7 Å². The first kappa shape index (κ1) is 17.3. The third kappa shape index (κ3) is 3.91. The molecule has 5 nitrogen and oxygen atoms in total. The highest BCUT2D eigenvalue weighted by Crippen LogP contribution is 2.31. The van der Waals surface area contributed by atoms with Crippen molar-refractivity contribution in [3.8, 4) is 0 Å². The second kappa shape index (κ2) is 7.55. The average molecular weight is 351 g/mol. The third-order valence-corrected chi connectivity index (χ3v) is 5.13. The minimum Gasteiger partial charge on any atom is -0.480 e. The van der Waals surface area contributed by atoms with Crippen molar-refractivity contribution in [3.63, 3.8) is 0 Å². The number of halogens is 1. The fourth-order valence-electron chi connectivity index (χ4n) is 3.52. The van der Waals surface area contributed by atoms with Crippen molar-refractivity contribution in [1.82, 2.24) is 9.80 Å². The summed E-state index contributed by atoms with van der Waals surface area (Å²) in [5.74, 6) is -0.768. The largest absolute Gasteiger partial charge is 0.480 e. The van der Waals surface area contributed by atoms with Gasteiger partial charge in [-0.15, -0.1) is 0 Å². The second-order valence-electron chi connectivity index (χ2n) is 6.52. The van der Waals surface area contributed by atoms with Gasteiger partial charge < -0.3 is 9.52 Å². The summed E-state index contributed by atoms with van der Waals surface area (Å²) in [6.45, 7) is 2.80. The molecule has 1 fully saturated rings. The molecule has 0 aliphatic carbocycles. The first-order chi connectivity index (χ1) is 11.5. The summed E-state index contributed by atoms with van der Waals surface area (Å²) >= 11 is 6.30. The molecule has 1 saturated heterocycles. The Morgan fingerprint density at radius 3 is 2.96 bits per heavy atom. The minimum absolute atomic E-state index is 0.100. The molecule has 2 aromatic rings. The summed E-state index contributed by atoms with van der Waals surface area (Å²) < 4.78 is 5.64. The van der Waals surface area contributed by atoms with Crippen LogP contribution in [0.1, 0.15) is 24.8 Å². The Morgan fingerprint density at radius 1 is 1.38 bits per heavy atom. The van der Waals surface area contributed by atoms with Crippen molar-refractivity contribution < 1.29 is 14.3 Å². The molecule has 130 valence electrons. The van der Waals surface area contributed by atoms with Crippen LogP contribution in [0.2, 0.25) is 5.22 Å². The van der Waals surface area contributed by atoms with E-state index in [2.05, 4.69) is 4.90 Å². The van der Waals surface area contributed by atoms with Gasteiger partial charge >= 0.3 is 5.97 Å². The molecule has 2 heterocycles. The van der Waals surface area contributed by atoms with Gasteiger partial charge in [-0.3, -0.25) is 14.6 Å². The summed E-state index contributed by atoms with van der Waals surface area (Å²) in [4.78, 5) is 15.2. The fraction of sp³-hybridized carbons (Fsp3) is 0.500. The van der Waals surface area contributed by atoms with Gasteiger partial charge in [0, 0.05) is 23.5 Å². The highest BCUT2D eigenvalue weighted by atomic mass is 35.5. The number of likely N-dealkylation sites (N-methyl/N-ethyl adjacent to an activating group) is 1. The van der Waals surface area contributed by atoms with E-state index in [1.165, 1.54) is 0 Å². The Labute approximate surface area is 146 Å². The average Bonchev–Trinajstić information content (AvgIpc) is 2.71. The number of carbonyl (C=O) groups is 1. The lowest BCUT2D eigenvalue weighted by molar-refractivity contribution is -0.138. The van der Waals surface area contributed by atoms with Crippen molar-refractivity contribution in [3.05, 3.63) is 35.0 Å². The molecule has 1 N–H and O–H groups in total. The number of carboxylic acid groups (broad SMARTS) is 1. The van der Waals surface area contributed by atoms with E-state index in [4.69, 9.17) is 21.1 Å². The maximum absolute atomic E-state index is 10.9. The monoisotopic (exact) mass is 350 g/mol. The smallest absolute Gasteiger partial charge is 0.317 e. The molecule has 1 atom stereocenters. The predicted octanol–water partition coefficient (Wildman–Crippen LogP) is 3.46. The maximum Gasteiger partial charge on any atom is 0.317 e. The predicted molar refractivity (Wildman–Crippen MR) is 94.4 cm³/mol. The number of likely N-dealkylation sites (tertiary alicyclic amines) is 1. The van der Waals surface area contributed by atoms with Crippen LogP contribution < -0.4 is 0 Å². The van der Waals surface area contributed by atoms with Gasteiger partial charge in [0.1, 0.15) is 5.58 Å². The summed E-state index contributed by atoms with van der Waals surface area (Å²) in [6, 6.07) is 8.24. The lowest BCUT2D eigenvalue weighted by atomic mass is 10.1. The molecule has 1 aromatic heterocycles. The Hall–Kier alpha value is -1.56. The number of furan rings is 1. The molecule has 0 bridgehead atoms. The Morgan fingerprint density at radius 2 is 2.17 bits per heavy atom.